The second-order valence-corrected chi connectivity index (χ2v) is 3.63. The fourth-order valence-corrected chi connectivity index (χ4v) is 1.48. The molecule has 1 aromatic carbocycles. The number of benzene rings is 1. The van der Waals surface area contributed by atoms with E-state index in [0.717, 1.165) is 5.69 Å². The molecule has 0 aliphatic carbocycles. The van der Waals surface area contributed by atoms with E-state index >= 15 is 0 Å². The maximum absolute atomic E-state index is 11.9. The van der Waals surface area contributed by atoms with Crippen LogP contribution in [0.1, 0.15) is 17.4 Å². The SMILES string of the molecule is CCOc1ccc(C(=O)Nc2ccccc2)nc1. The van der Waals surface area contributed by atoms with E-state index in [0.29, 0.717) is 18.1 Å². The van der Waals surface area contributed by atoms with Crippen LogP contribution in [0.3, 0.4) is 0 Å². The Balaban J connectivity index is 2.05. The van der Waals surface area contributed by atoms with Crippen molar-refractivity contribution in [1.29, 1.82) is 0 Å². The third-order valence-corrected chi connectivity index (χ3v) is 2.31. The van der Waals surface area contributed by atoms with Crippen molar-refractivity contribution >= 4 is 11.6 Å². The molecule has 0 fully saturated rings. The molecule has 0 spiro atoms. The summed E-state index contributed by atoms with van der Waals surface area (Å²) in [6.07, 6.45) is 1.55. The molecule has 18 heavy (non-hydrogen) atoms. The number of pyridine rings is 1. The first-order chi connectivity index (χ1) is 8.79. The molecule has 4 heteroatoms. The Kier molecular flexibility index (Phi) is 3.91. The van der Waals surface area contributed by atoms with Gasteiger partial charge in [0.1, 0.15) is 11.4 Å². The van der Waals surface area contributed by atoms with Gasteiger partial charge >= 0.3 is 0 Å². The highest BCUT2D eigenvalue weighted by atomic mass is 16.5. The summed E-state index contributed by atoms with van der Waals surface area (Å²) in [5.74, 6) is 0.429. The van der Waals surface area contributed by atoms with Crippen LogP contribution in [-0.4, -0.2) is 17.5 Å². The van der Waals surface area contributed by atoms with Crippen LogP contribution in [0.4, 0.5) is 5.69 Å². The predicted octanol–water partition coefficient (Wildman–Crippen LogP) is 2.73. The van der Waals surface area contributed by atoms with Gasteiger partial charge in [-0.1, -0.05) is 18.2 Å². The van der Waals surface area contributed by atoms with Gasteiger partial charge in [0, 0.05) is 5.69 Å². The lowest BCUT2D eigenvalue weighted by atomic mass is 10.3. The average Bonchev–Trinajstić information content (AvgIpc) is 2.41. The molecule has 0 saturated heterocycles. The second kappa shape index (κ2) is 5.82. The lowest BCUT2D eigenvalue weighted by Gasteiger charge is -2.05. The number of aromatic nitrogens is 1. The summed E-state index contributed by atoms with van der Waals surface area (Å²) in [6, 6.07) is 12.6. The quantitative estimate of drug-likeness (QED) is 0.896. The zero-order valence-corrected chi connectivity index (χ0v) is 10.1. The number of ether oxygens (including phenoxy) is 1. The number of nitrogens with one attached hydrogen (secondary N) is 1. The third-order valence-electron chi connectivity index (χ3n) is 2.31. The number of carbonyl (C=O) groups excluding carboxylic acids is 1. The molecule has 0 saturated carbocycles. The van der Waals surface area contributed by atoms with Gasteiger partial charge in [-0.25, -0.2) is 4.98 Å². The number of amides is 1. The smallest absolute Gasteiger partial charge is 0.274 e. The van der Waals surface area contributed by atoms with Crippen LogP contribution >= 0.6 is 0 Å². The summed E-state index contributed by atoms with van der Waals surface area (Å²) in [7, 11) is 0. The van der Waals surface area contributed by atoms with Crippen LogP contribution in [0.25, 0.3) is 0 Å². The Morgan fingerprint density at radius 2 is 2.00 bits per heavy atom. The summed E-state index contributed by atoms with van der Waals surface area (Å²) < 4.78 is 5.26. The number of hydrogen-bond acceptors (Lipinski definition) is 3. The molecule has 0 aliphatic rings. The average molecular weight is 242 g/mol. The van der Waals surface area contributed by atoms with Gasteiger partial charge in [-0.15, -0.1) is 0 Å². The van der Waals surface area contributed by atoms with E-state index in [4.69, 9.17) is 4.74 Å². The second-order valence-electron chi connectivity index (χ2n) is 3.63. The molecule has 92 valence electrons. The molecule has 4 nitrogen and oxygen atoms in total. The number of hydrogen-bond donors (Lipinski definition) is 1. The normalized spacial score (nSPS) is 9.83. The Labute approximate surface area is 106 Å². The Morgan fingerprint density at radius 3 is 2.61 bits per heavy atom. The van der Waals surface area contributed by atoms with E-state index in [1.807, 2.05) is 37.3 Å². The molecule has 0 atom stereocenters. The van der Waals surface area contributed by atoms with Crippen LogP contribution in [0.5, 0.6) is 5.75 Å². The summed E-state index contributed by atoms with van der Waals surface area (Å²) in [4.78, 5) is 15.9. The lowest BCUT2D eigenvalue weighted by molar-refractivity contribution is 0.102. The van der Waals surface area contributed by atoms with Gasteiger partial charge in [0.2, 0.25) is 0 Å². The summed E-state index contributed by atoms with van der Waals surface area (Å²) in [5.41, 5.74) is 1.11. The number of nitrogens with zero attached hydrogens (tertiary/aromatic N) is 1. The molecular weight excluding hydrogens is 228 g/mol. The molecule has 1 aromatic heterocycles. The first kappa shape index (κ1) is 12.1. The summed E-state index contributed by atoms with van der Waals surface area (Å²) in [5, 5.41) is 2.77. The zero-order chi connectivity index (χ0) is 12.8. The van der Waals surface area contributed by atoms with Gasteiger partial charge in [0.25, 0.3) is 5.91 Å². The highest BCUT2D eigenvalue weighted by Crippen LogP contribution is 2.11. The van der Waals surface area contributed by atoms with Gasteiger partial charge in [-0.2, -0.15) is 0 Å². The number of anilines is 1. The standard InChI is InChI=1S/C14H14N2O2/c1-2-18-12-8-9-13(15-10-12)14(17)16-11-6-4-3-5-7-11/h3-10H,2H2,1H3,(H,16,17). The van der Waals surface area contributed by atoms with Gasteiger partial charge in [-0.3, -0.25) is 4.79 Å². The summed E-state index contributed by atoms with van der Waals surface area (Å²) >= 11 is 0. The van der Waals surface area contributed by atoms with E-state index in [1.54, 1.807) is 18.3 Å². The maximum Gasteiger partial charge on any atom is 0.274 e. The lowest BCUT2D eigenvalue weighted by Crippen LogP contribution is -2.13. The maximum atomic E-state index is 11.9. The first-order valence-electron chi connectivity index (χ1n) is 5.75. The van der Waals surface area contributed by atoms with Crippen molar-refractivity contribution in [3.05, 3.63) is 54.4 Å². The summed E-state index contributed by atoms with van der Waals surface area (Å²) in [6.45, 7) is 2.48. The van der Waals surface area contributed by atoms with E-state index in [-0.39, 0.29) is 5.91 Å². The molecule has 1 amide bonds. The minimum Gasteiger partial charge on any atom is -0.492 e. The fourth-order valence-electron chi connectivity index (χ4n) is 1.48. The Hall–Kier alpha value is -2.36. The zero-order valence-electron chi connectivity index (χ0n) is 10.1. The fraction of sp³-hybridized carbons (Fsp3) is 0.143. The molecule has 0 aliphatic heterocycles. The number of carbonyl (C=O) groups is 1. The largest absolute Gasteiger partial charge is 0.492 e. The van der Waals surface area contributed by atoms with Crippen molar-refractivity contribution in [1.82, 2.24) is 4.98 Å². The van der Waals surface area contributed by atoms with Crippen LogP contribution in [-0.2, 0) is 0 Å². The van der Waals surface area contributed by atoms with Crippen LogP contribution in [0, 0.1) is 0 Å². The molecule has 1 N–H and O–H groups in total. The molecule has 0 unspecified atom stereocenters. The minimum absolute atomic E-state index is 0.232. The van der Waals surface area contributed by atoms with Crippen LogP contribution in [0.2, 0.25) is 0 Å². The number of rotatable bonds is 4. The van der Waals surface area contributed by atoms with Crippen molar-refractivity contribution in [3.8, 4) is 5.75 Å². The molecule has 0 radical (unpaired) electrons. The van der Waals surface area contributed by atoms with E-state index in [9.17, 15) is 4.79 Å². The highest BCUT2D eigenvalue weighted by Gasteiger charge is 2.07. The van der Waals surface area contributed by atoms with Crippen molar-refractivity contribution in [2.45, 2.75) is 6.92 Å². The minimum atomic E-state index is -0.232. The van der Waals surface area contributed by atoms with Crippen molar-refractivity contribution in [2.75, 3.05) is 11.9 Å². The molecule has 2 aromatic rings. The third kappa shape index (κ3) is 3.07. The van der Waals surface area contributed by atoms with Crippen molar-refractivity contribution < 1.29 is 9.53 Å². The van der Waals surface area contributed by atoms with Crippen LogP contribution in [0.15, 0.2) is 48.7 Å². The van der Waals surface area contributed by atoms with Crippen molar-refractivity contribution in [3.63, 3.8) is 0 Å². The van der Waals surface area contributed by atoms with Gasteiger partial charge in [0.15, 0.2) is 0 Å². The molecule has 2 rings (SSSR count). The van der Waals surface area contributed by atoms with Crippen molar-refractivity contribution in [2.24, 2.45) is 0 Å². The van der Waals surface area contributed by atoms with Crippen LogP contribution < -0.4 is 10.1 Å². The topological polar surface area (TPSA) is 51.2 Å². The van der Waals surface area contributed by atoms with E-state index < -0.39 is 0 Å². The van der Waals surface area contributed by atoms with E-state index in [1.165, 1.54) is 0 Å². The molecular formula is C14H14N2O2. The van der Waals surface area contributed by atoms with Gasteiger partial charge in [-0.05, 0) is 31.2 Å². The Morgan fingerprint density at radius 1 is 1.22 bits per heavy atom. The predicted molar refractivity (Wildman–Crippen MR) is 69.8 cm³/mol. The van der Waals surface area contributed by atoms with Gasteiger partial charge in [0.05, 0.1) is 12.8 Å². The highest BCUT2D eigenvalue weighted by molar-refractivity contribution is 6.02. The molecule has 1 heterocycles. The Bertz CT molecular complexity index is 509. The molecule has 0 bridgehead atoms. The number of para-hydroxylation sites is 1. The first-order valence-corrected chi connectivity index (χ1v) is 5.75. The van der Waals surface area contributed by atoms with E-state index in [2.05, 4.69) is 10.3 Å². The monoisotopic (exact) mass is 242 g/mol. The van der Waals surface area contributed by atoms with Gasteiger partial charge < -0.3 is 10.1 Å².